The van der Waals surface area contributed by atoms with Crippen molar-refractivity contribution in [3.8, 4) is 0 Å². The van der Waals surface area contributed by atoms with E-state index >= 15 is 0 Å². The van der Waals surface area contributed by atoms with E-state index in [-0.39, 0.29) is 0 Å². The van der Waals surface area contributed by atoms with Crippen LogP contribution in [0.4, 0.5) is 11.4 Å². The van der Waals surface area contributed by atoms with Crippen molar-refractivity contribution >= 4 is 11.4 Å². The van der Waals surface area contributed by atoms with Gasteiger partial charge in [-0.25, -0.2) is 0 Å². The summed E-state index contributed by atoms with van der Waals surface area (Å²) < 4.78 is 0. The van der Waals surface area contributed by atoms with Gasteiger partial charge in [-0.3, -0.25) is 0 Å². The highest BCUT2D eigenvalue weighted by Crippen LogP contribution is 2.24. The standard InChI is InChI=1S/C14H14N2O2/c1-11-7-3-5-9-13(11)15(17)16(18)14-10-6-4-8-12(14)2/h3-10H,1-2H3. The van der Waals surface area contributed by atoms with E-state index in [1.807, 2.05) is 12.1 Å². The van der Waals surface area contributed by atoms with Gasteiger partial charge in [0.15, 0.2) is 4.87 Å². The molecule has 0 unspecified atom stereocenters. The maximum absolute atomic E-state index is 12.0. The molecule has 4 nitrogen and oxygen atoms in total. The molecule has 4 heteroatoms. The number of nitrogens with zero attached hydrogens (tertiary/aromatic N) is 2. The molecule has 0 N–H and O–H groups in total. The number of hydrazine groups is 1. The smallest absolute Gasteiger partial charge is 0.294 e. The Kier molecular flexibility index (Phi) is 3.39. The molecule has 2 rings (SSSR count). The van der Waals surface area contributed by atoms with Crippen LogP contribution in [0.2, 0.25) is 0 Å². The Morgan fingerprint density at radius 1 is 0.944 bits per heavy atom. The number of hydrogen-bond donors (Lipinski definition) is 0. The topological polar surface area (TPSA) is 46.4 Å². The molecule has 2 aromatic carbocycles. The van der Waals surface area contributed by atoms with E-state index in [4.69, 9.17) is 0 Å². The van der Waals surface area contributed by atoms with Gasteiger partial charge in [-0.1, -0.05) is 36.4 Å². The first kappa shape index (κ1) is 12.3. The number of anilines is 1. The summed E-state index contributed by atoms with van der Waals surface area (Å²) in [7, 11) is 0. The first-order chi connectivity index (χ1) is 8.61. The number of rotatable bonds is 3. The van der Waals surface area contributed by atoms with Crippen molar-refractivity contribution in [2.75, 3.05) is 5.17 Å². The molecule has 0 saturated carbocycles. The van der Waals surface area contributed by atoms with Crippen molar-refractivity contribution < 1.29 is 4.87 Å². The number of hydrogen-bond acceptors (Lipinski definition) is 2. The summed E-state index contributed by atoms with van der Waals surface area (Å²) in [5, 5.41) is 12.4. The maximum atomic E-state index is 12.0. The summed E-state index contributed by atoms with van der Waals surface area (Å²) in [4.78, 5) is 12.4. The predicted octanol–water partition coefficient (Wildman–Crippen LogP) is 3.63. The van der Waals surface area contributed by atoms with E-state index in [1.54, 1.807) is 50.2 Å². The third kappa shape index (κ3) is 2.24. The molecule has 0 bridgehead atoms. The molecule has 0 fully saturated rings. The highest BCUT2D eigenvalue weighted by molar-refractivity contribution is 5.52. The molecule has 0 amide bonds. The fraction of sp³-hybridized carbons (Fsp3) is 0.143. The molecule has 0 heterocycles. The number of para-hydroxylation sites is 2. The molecule has 0 aliphatic heterocycles. The van der Waals surface area contributed by atoms with Crippen molar-refractivity contribution in [2.45, 2.75) is 13.8 Å². The summed E-state index contributed by atoms with van der Waals surface area (Å²) in [6.07, 6.45) is 0. The lowest BCUT2D eigenvalue weighted by Gasteiger charge is -2.20. The third-order valence-electron chi connectivity index (χ3n) is 2.81. The highest BCUT2D eigenvalue weighted by atomic mass is 16.6. The summed E-state index contributed by atoms with van der Waals surface area (Å²) in [5.74, 6) is 0. The Bertz CT molecular complexity index is 582. The van der Waals surface area contributed by atoms with Crippen molar-refractivity contribution in [1.82, 2.24) is 0 Å². The van der Waals surface area contributed by atoms with Gasteiger partial charge in [0.1, 0.15) is 0 Å². The largest absolute Gasteiger partial charge is 0.699 e. The van der Waals surface area contributed by atoms with E-state index in [1.165, 1.54) is 0 Å². The van der Waals surface area contributed by atoms with E-state index in [2.05, 4.69) is 0 Å². The van der Waals surface area contributed by atoms with Gasteiger partial charge in [0.2, 0.25) is 0 Å². The first-order valence-corrected chi connectivity index (χ1v) is 5.67. The molecule has 0 spiro atoms. The fourth-order valence-corrected chi connectivity index (χ4v) is 1.75. The monoisotopic (exact) mass is 242 g/mol. The fourth-order valence-electron chi connectivity index (χ4n) is 1.75. The molecule has 0 aromatic heterocycles. The van der Waals surface area contributed by atoms with Crippen LogP contribution in [0.3, 0.4) is 0 Å². The van der Waals surface area contributed by atoms with Gasteiger partial charge < -0.3 is 5.21 Å². The van der Waals surface area contributed by atoms with Gasteiger partial charge in [0, 0.05) is 11.6 Å². The predicted molar refractivity (Wildman–Crippen MR) is 71.5 cm³/mol. The summed E-state index contributed by atoms with van der Waals surface area (Å²) >= 11 is 0. The Morgan fingerprint density at radius 3 is 2.11 bits per heavy atom. The zero-order valence-electron chi connectivity index (χ0n) is 10.3. The van der Waals surface area contributed by atoms with Gasteiger partial charge in [-0.15, -0.1) is 0 Å². The molecule has 0 aliphatic carbocycles. The van der Waals surface area contributed by atoms with E-state index < -0.39 is 0 Å². The zero-order chi connectivity index (χ0) is 13.1. The molecule has 18 heavy (non-hydrogen) atoms. The SMILES string of the molecule is Cc1ccccc1N([O-])[N+](=O)c1ccccc1C. The lowest BCUT2D eigenvalue weighted by Crippen LogP contribution is -2.24. The summed E-state index contributed by atoms with van der Waals surface area (Å²) in [6, 6.07) is 14.0. The van der Waals surface area contributed by atoms with Crippen molar-refractivity contribution in [1.29, 1.82) is 0 Å². The molecular weight excluding hydrogens is 228 g/mol. The van der Waals surface area contributed by atoms with Gasteiger partial charge in [0.25, 0.3) is 5.69 Å². The second-order valence-corrected chi connectivity index (χ2v) is 4.12. The number of aryl methyl sites for hydroxylation is 2. The van der Waals surface area contributed by atoms with Gasteiger partial charge in [-0.2, -0.15) is 5.17 Å². The van der Waals surface area contributed by atoms with Crippen molar-refractivity contribution in [2.24, 2.45) is 0 Å². The normalized spacial score (nSPS) is 10.2. The molecule has 0 aliphatic rings. The Morgan fingerprint density at radius 2 is 1.50 bits per heavy atom. The van der Waals surface area contributed by atoms with Gasteiger partial charge in [0.05, 0.1) is 10.6 Å². The Hall–Kier alpha value is -2.20. The minimum atomic E-state index is 0.357. The average Bonchev–Trinajstić information content (AvgIpc) is 2.38. The number of benzene rings is 2. The Labute approximate surface area is 106 Å². The summed E-state index contributed by atoms with van der Waals surface area (Å²) in [6.45, 7) is 3.60. The maximum Gasteiger partial charge on any atom is 0.294 e. The molecule has 0 saturated heterocycles. The molecule has 0 radical (unpaired) electrons. The zero-order valence-corrected chi connectivity index (χ0v) is 10.3. The minimum absolute atomic E-state index is 0.357. The van der Waals surface area contributed by atoms with Crippen LogP contribution in [0.25, 0.3) is 0 Å². The number of nitroso groups, excluding NO2 is 1. The van der Waals surface area contributed by atoms with Crippen molar-refractivity contribution in [3.63, 3.8) is 0 Å². The average molecular weight is 242 g/mol. The van der Waals surface area contributed by atoms with Gasteiger partial charge >= 0.3 is 0 Å². The molecule has 0 atom stereocenters. The van der Waals surface area contributed by atoms with Crippen LogP contribution in [0, 0.1) is 24.0 Å². The third-order valence-corrected chi connectivity index (χ3v) is 2.81. The minimum Gasteiger partial charge on any atom is -0.699 e. The second-order valence-electron chi connectivity index (χ2n) is 4.12. The van der Waals surface area contributed by atoms with Crippen LogP contribution in [0.15, 0.2) is 48.5 Å². The van der Waals surface area contributed by atoms with Crippen LogP contribution < -0.4 is 5.17 Å². The van der Waals surface area contributed by atoms with E-state index in [0.717, 1.165) is 11.1 Å². The highest BCUT2D eigenvalue weighted by Gasteiger charge is 2.21. The Balaban J connectivity index is 2.36. The van der Waals surface area contributed by atoms with Crippen LogP contribution in [-0.2, 0) is 0 Å². The lowest BCUT2D eigenvalue weighted by molar-refractivity contribution is -0.469. The first-order valence-electron chi connectivity index (χ1n) is 5.67. The van der Waals surface area contributed by atoms with Gasteiger partial charge in [-0.05, 0) is 25.5 Å². The second kappa shape index (κ2) is 4.98. The van der Waals surface area contributed by atoms with E-state index in [0.29, 0.717) is 21.4 Å². The van der Waals surface area contributed by atoms with Crippen molar-refractivity contribution in [3.05, 3.63) is 69.8 Å². The van der Waals surface area contributed by atoms with E-state index in [9.17, 15) is 10.1 Å². The quantitative estimate of drug-likeness (QED) is 0.609. The van der Waals surface area contributed by atoms with Crippen LogP contribution >= 0.6 is 0 Å². The van der Waals surface area contributed by atoms with Crippen LogP contribution in [0.1, 0.15) is 11.1 Å². The molecule has 92 valence electrons. The molecule has 2 aromatic rings. The van der Waals surface area contributed by atoms with Crippen LogP contribution in [0.5, 0.6) is 0 Å². The summed E-state index contributed by atoms with van der Waals surface area (Å²) in [5.41, 5.74) is 2.25. The lowest BCUT2D eigenvalue weighted by atomic mass is 10.2. The molecular formula is C14H14N2O2. The van der Waals surface area contributed by atoms with Crippen LogP contribution in [-0.4, -0.2) is 4.87 Å².